The van der Waals surface area contributed by atoms with Crippen molar-refractivity contribution in [2.75, 3.05) is 17.8 Å². The minimum absolute atomic E-state index is 0.0125. The number of aliphatic hydroxyl groups is 1. The molecule has 1 aliphatic rings. The number of amides is 1. The van der Waals surface area contributed by atoms with Gasteiger partial charge >= 0.3 is 0 Å². The summed E-state index contributed by atoms with van der Waals surface area (Å²) in [4.78, 5) is 19.4. The molecule has 1 aliphatic heterocycles. The van der Waals surface area contributed by atoms with Crippen molar-refractivity contribution in [2.24, 2.45) is 0 Å². The van der Waals surface area contributed by atoms with Crippen LogP contribution in [0.1, 0.15) is 18.4 Å². The molecule has 7 nitrogen and oxygen atoms in total. The van der Waals surface area contributed by atoms with Crippen LogP contribution < -0.4 is 4.72 Å². The second kappa shape index (κ2) is 9.59. The summed E-state index contributed by atoms with van der Waals surface area (Å²) in [7, 11) is 0. The minimum Gasteiger partial charge on any atom is -0.588 e. The number of hydrogen-bond donors (Lipinski definition) is 2. The van der Waals surface area contributed by atoms with E-state index in [0.717, 1.165) is 16.5 Å². The molecule has 0 saturated carbocycles. The number of rotatable bonds is 6. The lowest BCUT2D eigenvalue weighted by Gasteiger charge is -2.38. The van der Waals surface area contributed by atoms with E-state index in [4.69, 9.17) is 11.6 Å². The average molecular weight is 515 g/mol. The third-order valence-electron chi connectivity index (χ3n) is 6.20. The number of thiazole rings is 1. The van der Waals surface area contributed by atoms with Gasteiger partial charge in [0, 0.05) is 41.4 Å². The number of carbonyl (C=O) groups excluding carboxylic acids is 1. The SMILES string of the molecule is O=C(Cn1ccc2ccc(Cl)cc21)N1CCC(O)(c2ccc([S+]([O-])Nc3nccs3)cc2)CC1. The molecule has 4 aromatic rings. The van der Waals surface area contributed by atoms with Gasteiger partial charge in [-0.3, -0.25) is 4.79 Å². The maximum Gasteiger partial charge on any atom is 0.242 e. The summed E-state index contributed by atoms with van der Waals surface area (Å²) in [6, 6.07) is 14.7. The van der Waals surface area contributed by atoms with Gasteiger partial charge in [-0.05, 0) is 54.1 Å². The van der Waals surface area contributed by atoms with Crippen LogP contribution in [0.5, 0.6) is 0 Å². The quantitative estimate of drug-likeness (QED) is 0.372. The van der Waals surface area contributed by atoms with Gasteiger partial charge in [-0.25, -0.2) is 4.98 Å². The number of anilines is 1. The van der Waals surface area contributed by atoms with Gasteiger partial charge in [-0.15, -0.1) is 11.3 Å². The van der Waals surface area contributed by atoms with Crippen molar-refractivity contribution in [3.63, 3.8) is 0 Å². The highest BCUT2D eigenvalue weighted by Gasteiger charge is 2.35. The van der Waals surface area contributed by atoms with Crippen LogP contribution in [-0.4, -0.2) is 43.1 Å². The molecule has 2 N–H and O–H groups in total. The van der Waals surface area contributed by atoms with Crippen molar-refractivity contribution >= 4 is 56.2 Å². The Balaban J connectivity index is 1.20. The second-order valence-electron chi connectivity index (χ2n) is 8.29. The average Bonchev–Trinajstić information content (AvgIpc) is 3.49. The molecule has 10 heteroatoms. The van der Waals surface area contributed by atoms with E-state index in [1.54, 1.807) is 23.2 Å². The zero-order chi connectivity index (χ0) is 23.7. The van der Waals surface area contributed by atoms with Gasteiger partial charge < -0.3 is 19.1 Å². The molecule has 1 saturated heterocycles. The standard InChI is InChI=1S/C24H23ClN4O3S2/c25-19-4-1-17-7-11-29(21(17)15-19)16-22(30)28-12-8-24(31,9-13-28)18-2-5-20(6-3-18)34(32)27-23-26-10-14-33-23/h1-7,10-11,14-15,31H,8-9,12-13,16H2,(H,26,27). The maximum atomic E-state index is 12.9. The number of nitrogens with one attached hydrogen (secondary N) is 1. The largest absolute Gasteiger partial charge is 0.588 e. The summed E-state index contributed by atoms with van der Waals surface area (Å²) in [6.45, 7) is 1.16. The Hall–Kier alpha value is -2.56. The summed E-state index contributed by atoms with van der Waals surface area (Å²) < 4.78 is 17.2. The van der Waals surface area contributed by atoms with Gasteiger partial charge in [0.15, 0.2) is 4.90 Å². The van der Waals surface area contributed by atoms with Crippen LogP contribution in [-0.2, 0) is 28.3 Å². The predicted octanol–water partition coefficient (Wildman–Crippen LogP) is 4.40. The molecule has 2 aromatic heterocycles. The first kappa shape index (κ1) is 23.2. The van der Waals surface area contributed by atoms with E-state index >= 15 is 0 Å². The number of nitrogens with zero attached hydrogens (tertiary/aromatic N) is 3. The molecule has 5 rings (SSSR count). The van der Waals surface area contributed by atoms with Crippen LogP contribution in [0, 0.1) is 0 Å². The Morgan fingerprint density at radius 2 is 1.97 bits per heavy atom. The van der Waals surface area contributed by atoms with Crippen molar-refractivity contribution in [1.29, 1.82) is 0 Å². The normalized spacial score (nSPS) is 16.5. The monoisotopic (exact) mass is 514 g/mol. The van der Waals surface area contributed by atoms with E-state index in [1.807, 2.05) is 52.5 Å². The molecule has 1 unspecified atom stereocenters. The number of hydrogen-bond acceptors (Lipinski definition) is 6. The van der Waals surface area contributed by atoms with E-state index < -0.39 is 17.0 Å². The zero-order valence-electron chi connectivity index (χ0n) is 18.2. The van der Waals surface area contributed by atoms with Crippen LogP contribution in [0.4, 0.5) is 5.13 Å². The fraction of sp³-hybridized carbons (Fsp3) is 0.250. The predicted molar refractivity (Wildman–Crippen MR) is 135 cm³/mol. The molecule has 2 aromatic carbocycles. The van der Waals surface area contributed by atoms with Crippen molar-refractivity contribution in [1.82, 2.24) is 14.5 Å². The molecule has 0 spiro atoms. The molecular weight excluding hydrogens is 492 g/mol. The topological polar surface area (TPSA) is 93.5 Å². The van der Waals surface area contributed by atoms with Crippen LogP contribution in [0.15, 0.2) is 71.2 Å². The molecule has 3 heterocycles. The summed E-state index contributed by atoms with van der Waals surface area (Å²) in [5, 5.41) is 15.3. The Labute approximate surface area is 209 Å². The van der Waals surface area contributed by atoms with Crippen molar-refractivity contribution in [3.8, 4) is 0 Å². The van der Waals surface area contributed by atoms with Crippen LogP contribution in [0.3, 0.4) is 0 Å². The lowest BCUT2D eigenvalue weighted by molar-refractivity contribution is -0.136. The Kier molecular flexibility index (Phi) is 6.54. The van der Waals surface area contributed by atoms with Crippen molar-refractivity contribution < 1.29 is 14.5 Å². The minimum atomic E-state index is -1.43. The lowest BCUT2D eigenvalue weighted by atomic mass is 9.84. The van der Waals surface area contributed by atoms with Crippen LogP contribution in [0.2, 0.25) is 5.02 Å². The highest BCUT2D eigenvalue weighted by molar-refractivity contribution is 7.93. The molecule has 34 heavy (non-hydrogen) atoms. The Morgan fingerprint density at radius 3 is 2.68 bits per heavy atom. The molecule has 0 aliphatic carbocycles. The highest BCUT2D eigenvalue weighted by atomic mass is 35.5. The summed E-state index contributed by atoms with van der Waals surface area (Å²) in [5.74, 6) is 0.0125. The van der Waals surface area contributed by atoms with Crippen molar-refractivity contribution in [2.45, 2.75) is 29.9 Å². The fourth-order valence-corrected chi connectivity index (χ4v) is 5.93. The van der Waals surface area contributed by atoms with Gasteiger partial charge in [0.05, 0.1) is 5.60 Å². The second-order valence-corrected chi connectivity index (χ2v) is 10.8. The van der Waals surface area contributed by atoms with Gasteiger partial charge in [-0.2, -0.15) is 4.72 Å². The maximum absolute atomic E-state index is 12.9. The van der Waals surface area contributed by atoms with E-state index in [2.05, 4.69) is 9.71 Å². The first-order valence-corrected chi connectivity index (χ1v) is 13.3. The van der Waals surface area contributed by atoms with E-state index in [9.17, 15) is 14.5 Å². The van der Waals surface area contributed by atoms with Crippen LogP contribution >= 0.6 is 22.9 Å². The molecule has 1 fully saturated rings. The molecule has 1 atom stereocenters. The first-order valence-electron chi connectivity index (χ1n) is 10.8. The molecule has 1 amide bonds. The molecule has 0 radical (unpaired) electrons. The summed E-state index contributed by atoms with van der Waals surface area (Å²) >= 11 is 6.08. The Morgan fingerprint density at radius 1 is 1.21 bits per heavy atom. The van der Waals surface area contributed by atoms with E-state index in [-0.39, 0.29) is 12.5 Å². The van der Waals surface area contributed by atoms with E-state index in [0.29, 0.717) is 41.0 Å². The summed E-state index contributed by atoms with van der Waals surface area (Å²) in [6.07, 6.45) is 4.43. The van der Waals surface area contributed by atoms with E-state index in [1.165, 1.54) is 11.3 Å². The smallest absolute Gasteiger partial charge is 0.242 e. The third kappa shape index (κ3) is 4.80. The fourth-order valence-electron chi connectivity index (χ4n) is 4.26. The number of carbonyl (C=O) groups is 1. The van der Waals surface area contributed by atoms with Crippen LogP contribution in [0.25, 0.3) is 10.9 Å². The number of halogens is 1. The number of likely N-dealkylation sites (tertiary alicyclic amines) is 1. The first-order chi connectivity index (χ1) is 16.4. The number of piperidine rings is 1. The van der Waals surface area contributed by atoms with Gasteiger partial charge in [0.1, 0.15) is 17.9 Å². The third-order valence-corrected chi connectivity index (χ3v) is 8.33. The number of fused-ring (bicyclic) bond motifs is 1. The molecule has 0 bridgehead atoms. The lowest BCUT2D eigenvalue weighted by Crippen LogP contribution is -2.46. The van der Waals surface area contributed by atoms with Gasteiger partial charge in [0.25, 0.3) is 0 Å². The highest BCUT2D eigenvalue weighted by Crippen LogP contribution is 2.34. The van der Waals surface area contributed by atoms with Crippen molar-refractivity contribution in [3.05, 3.63) is 76.9 Å². The van der Waals surface area contributed by atoms with Gasteiger partial charge in [-0.1, -0.05) is 29.8 Å². The molecule has 176 valence electrons. The number of benzene rings is 2. The van der Waals surface area contributed by atoms with Gasteiger partial charge in [0.2, 0.25) is 11.0 Å². The number of aromatic nitrogens is 2. The molecular formula is C24H23ClN4O3S2. The summed E-state index contributed by atoms with van der Waals surface area (Å²) in [5.41, 5.74) is 0.671. The Bertz CT molecular complexity index is 1290. The zero-order valence-corrected chi connectivity index (χ0v) is 20.6.